The minimum absolute atomic E-state index is 0.685. The molecule has 2 fully saturated rings. The lowest BCUT2D eigenvalue weighted by molar-refractivity contribution is 0.0579. The summed E-state index contributed by atoms with van der Waals surface area (Å²) in [5, 5.41) is 3.67. The van der Waals surface area contributed by atoms with Crippen LogP contribution in [0.25, 0.3) is 0 Å². The first-order chi connectivity index (χ1) is 8.58. The summed E-state index contributed by atoms with van der Waals surface area (Å²) < 4.78 is 0. The third kappa shape index (κ3) is 3.48. The second-order valence-corrected chi connectivity index (χ2v) is 7.05. The lowest BCUT2D eigenvalue weighted by Gasteiger charge is -2.44. The van der Waals surface area contributed by atoms with E-state index in [2.05, 4.69) is 37.9 Å². The molecule has 1 saturated heterocycles. The van der Waals surface area contributed by atoms with Crippen molar-refractivity contribution in [2.24, 2.45) is 11.8 Å². The molecule has 106 valence electrons. The van der Waals surface area contributed by atoms with Crippen LogP contribution in [0.4, 0.5) is 0 Å². The third-order valence-electron chi connectivity index (χ3n) is 5.10. The first-order valence-electron chi connectivity index (χ1n) is 8.07. The molecule has 1 saturated carbocycles. The van der Waals surface area contributed by atoms with E-state index in [9.17, 15) is 0 Å². The lowest BCUT2D eigenvalue weighted by atomic mass is 9.78. The van der Waals surface area contributed by atoms with E-state index in [0.29, 0.717) is 6.04 Å². The van der Waals surface area contributed by atoms with Crippen LogP contribution < -0.4 is 5.32 Å². The van der Waals surface area contributed by atoms with Crippen molar-refractivity contribution in [1.82, 2.24) is 10.2 Å². The molecule has 0 bridgehead atoms. The predicted molar refractivity (Wildman–Crippen MR) is 78.8 cm³/mol. The highest BCUT2D eigenvalue weighted by Gasteiger charge is 2.33. The fourth-order valence-electron chi connectivity index (χ4n) is 3.86. The van der Waals surface area contributed by atoms with Gasteiger partial charge >= 0.3 is 0 Å². The molecule has 0 aromatic heterocycles. The van der Waals surface area contributed by atoms with E-state index < -0.39 is 0 Å². The van der Waals surface area contributed by atoms with Crippen molar-refractivity contribution >= 4 is 0 Å². The molecule has 0 aromatic rings. The lowest BCUT2D eigenvalue weighted by Crippen LogP contribution is -2.51. The largest absolute Gasteiger partial charge is 0.313 e. The average Bonchev–Trinajstić information content (AvgIpc) is 2.82. The molecule has 1 aliphatic heterocycles. The summed E-state index contributed by atoms with van der Waals surface area (Å²) in [6.07, 6.45) is 7.01. The Kier molecular flexibility index (Phi) is 5.08. The Morgan fingerprint density at radius 3 is 2.56 bits per heavy atom. The molecule has 1 heterocycles. The highest BCUT2D eigenvalue weighted by Crippen LogP contribution is 2.33. The van der Waals surface area contributed by atoms with Gasteiger partial charge < -0.3 is 5.32 Å². The van der Waals surface area contributed by atoms with Gasteiger partial charge in [-0.3, -0.25) is 4.90 Å². The standard InChI is InChI=1S/C16H32N2/c1-12(2)18(11-15-6-5-9-17-15)16-10-13(3)7-8-14(16)4/h12-17H,5-11H2,1-4H3. The number of rotatable bonds is 4. The molecule has 1 aliphatic carbocycles. The molecule has 0 radical (unpaired) electrons. The maximum Gasteiger partial charge on any atom is 0.0195 e. The van der Waals surface area contributed by atoms with Crippen molar-refractivity contribution in [2.75, 3.05) is 13.1 Å². The molecular weight excluding hydrogens is 220 g/mol. The minimum Gasteiger partial charge on any atom is -0.313 e. The summed E-state index contributed by atoms with van der Waals surface area (Å²) in [6, 6.07) is 2.25. The fourth-order valence-corrected chi connectivity index (χ4v) is 3.86. The van der Waals surface area contributed by atoms with E-state index in [1.165, 1.54) is 45.2 Å². The molecule has 0 aromatic carbocycles. The molecule has 0 amide bonds. The van der Waals surface area contributed by atoms with Crippen molar-refractivity contribution < 1.29 is 0 Å². The number of nitrogens with zero attached hydrogens (tertiary/aromatic N) is 1. The van der Waals surface area contributed by atoms with Crippen LogP contribution in [0.1, 0.15) is 59.8 Å². The smallest absolute Gasteiger partial charge is 0.0195 e. The Balaban J connectivity index is 1.98. The Labute approximate surface area is 114 Å². The van der Waals surface area contributed by atoms with Gasteiger partial charge in [-0.1, -0.05) is 20.3 Å². The van der Waals surface area contributed by atoms with Gasteiger partial charge in [0.05, 0.1) is 0 Å². The van der Waals surface area contributed by atoms with Crippen molar-refractivity contribution in [2.45, 2.75) is 77.9 Å². The van der Waals surface area contributed by atoms with E-state index in [1.54, 1.807) is 0 Å². The van der Waals surface area contributed by atoms with E-state index in [0.717, 1.165) is 23.9 Å². The Hall–Kier alpha value is -0.0800. The van der Waals surface area contributed by atoms with Crippen molar-refractivity contribution in [3.8, 4) is 0 Å². The monoisotopic (exact) mass is 252 g/mol. The van der Waals surface area contributed by atoms with Crippen LogP contribution in [-0.4, -0.2) is 36.1 Å². The topological polar surface area (TPSA) is 15.3 Å². The normalized spacial score (nSPS) is 37.7. The zero-order chi connectivity index (χ0) is 13.1. The van der Waals surface area contributed by atoms with Gasteiger partial charge in [-0.15, -0.1) is 0 Å². The van der Waals surface area contributed by atoms with Crippen LogP contribution in [0.2, 0.25) is 0 Å². The average molecular weight is 252 g/mol. The third-order valence-corrected chi connectivity index (χ3v) is 5.10. The predicted octanol–water partition coefficient (Wildman–Crippen LogP) is 3.27. The maximum absolute atomic E-state index is 3.67. The summed E-state index contributed by atoms with van der Waals surface area (Å²) in [4.78, 5) is 2.79. The van der Waals surface area contributed by atoms with E-state index >= 15 is 0 Å². The molecule has 2 heteroatoms. The second kappa shape index (κ2) is 6.38. The quantitative estimate of drug-likeness (QED) is 0.826. The number of hydrogen-bond donors (Lipinski definition) is 1. The maximum atomic E-state index is 3.67. The van der Waals surface area contributed by atoms with E-state index in [1.807, 2.05) is 0 Å². The van der Waals surface area contributed by atoms with Gasteiger partial charge in [-0.05, 0) is 57.9 Å². The van der Waals surface area contributed by atoms with Gasteiger partial charge in [0.2, 0.25) is 0 Å². The molecule has 2 aliphatic rings. The number of nitrogens with one attached hydrogen (secondary N) is 1. The molecule has 2 rings (SSSR count). The molecule has 1 N–H and O–H groups in total. The second-order valence-electron chi connectivity index (χ2n) is 7.05. The molecule has 4 unspecified atom stereocenters. The minimum atomic E-state index is 0.685. The molecule has 18 heavy (non-hydrogen) atoms. The van der Waals surface area contributed by atoms with Crippen molar-refractivity contribution in [1.29, 1.82) is 0 Å². The summed E-state index contributed by atoms with van der Waals surface area (Å²) in [5.74, 6) is 1.80. The van der Waals surface area contributed by atoms with Crippen LogP contribution >= 0.6 is 0 Å². The molecule has 4 atom stereocenters. The van der Waals surface area contributed by atoms with Crippen LogP contribution in [0, 0.1) is 11.8 Å². The fraction of sp³-hybridized carbons (Fsp3) is 1.00. The van der Waals surface area contributed by atoms with Gasteiger partial charge in [0.15, 0.2) is 0 Å². The number of hydrogen-bond acceptors (Lipinski definition) is 2. The van der Waals surface area contributed by atoms with Gasteiger partial charge in [0.25, 0.3) is 0 Å². The molecule has 0 spiro atoms. The Bertz CT molecular complexity index is 245. The van der Waals surface area contributed by atoms with Crippen LogP contribution in [0.5, 0.6) is 0 Å². The van der Waals surface area contributed by atoms with Gasteiger partial charge in [0.1, 0.15) is 0 Å². The van der Waals surface area contributed by atoms with E-state index in [-0.39, 0.29) is 0 Å². The van der Waals surface area contributed by atoms with E-state index in [4.69, 9.17) is 0 Å². The van der Waals surface area contributed by atoms with Gasteiger partial charge in [0, 0.05) is 24.7 Å². The van der Waals surface area contributed by atoms with Crippen molar-refractivity contribution in [3.63, 3.8) is 0 Å². The first-order valence-corrected chi connectivity index (χ1v) is 8.07. The SMILES string of the molecule is CC1CCC(C)C(N(CC2CCCN2)C(C)C)C1. The Morgan fingerprint density at radius 1 is 1.17 bits per heavy atom. The summed E-state index contributed by atoms with van der Waals surface area (Å²) >= 11 is 0. The highest BCUT2D eigenvalue weighted by molar-refractivity contribution is 4.88. The molecular formula is C16H32N2. The van der Waals surface area contributed by atoms with Crippen LogP contribution in [-0.2, 0) is 0 Å². The van der Waals surface area contributed by atoms with Crippen LogP contribution in [0.3, 0.4) is 0 Å². The first kappa shape index (κ1) is 14.3. The van der Waals surface area contributed by atoms with Gasteiger partial charge in [-0.2, -0.15) is 0 Å². The summed E-state index contributed by atoms with van der Waals surface area (Å²) in [7, 11) is 0. The molecule has 2 nitrogen and oxygen atoms in total. The van der Waals surface area contributed by atoms with Crippen molar-refractivity contribution in [3.05, 3.63) is 0 Å². The van der Waals surface area contributed by atoms with Gasteiger partial charge in [-0.25, -0.2) is 0 Å². The van der Waals surface area contributed by atoms with Crippen LogP contribution in [0.15, 0.2) is 0 Å². The summed E-state index contributed by atoms with van der Waals surface area (Å²) in [6.45, 7) is 12.1. The summed E-state index contributed by atoms with van der Waals surface area (Å²) in [5.41, 5.74) is 0. The Morgan fingerprint density at radius 2 is 1.94 bits per heavy atom. The highest BCUT2D eigenvalue weighted by atomic mass is 15.2. The zero-order valence-corrected chi connectivity index (χ0v) is 12.8. The zero-order valence-electron chi connectivity index (χ0n) is 12.8.